The lowest BCUT2D eigenvalue weighted by atomic mass is 10.8. The lowest BCUT2D eigenvalue weighted by Crippen LogP contribution is -1.75. The monoisotopic (exact) mass is 184 g/mol. The summed E-state index contributed by atoms with van der Waals surface area (Å²) in [5.74, 6) is 0. The Hall–Kier alpha value is -0.690. The van der Waals surface area contributed by atoms with Gasteiger partial charge < -0.3 is 4.57 Å². The molecule has 1 atom stereocenters. The molecule has 0 spiro atoms. The van der Waals surface area contributed by atoms with Crippen molar-refractivity contribution in [2.75, 3.05) is 0 Å². The summed E-state index contributed by atoms with van der Waals surface area (Å²) in [6, 6.07) is 0. The maximum atomic E-state index is 11.6. The van der Waals surface area contributed by atoms with E-state index < -0.39 is 7.80 Å². The van der Waals surface area contributed by atoms with Gasteiger partial charge in [-0.05, 0) is 26.5 Å². The molecule has 4 heteroatoms. The highest BCUT2D eigenvalue weighted by Crippen LogP contribution is 2.50. The minimum absolute atomic E-state index is 0.374. The number of rotatable bonds is 4. The van der Waals surface area contributed by atoms with E-state index in [-0.39, 0.29) is 0 Å². The van der Waals surface area contributed by atoms with Crippen LogP contribution in [0.15, 0.2) is 21.6 Å². The van der Waals surface area contributed by atoms with Crippen LogP contribution in [0.1, 0.15) is 19.8 Å². The van der Waals surface area contributed by atoms with Crippen LogP contribution in [-0.4, -0.2) is 18.6 Å². The van der Waals surface area contributed by atoms with Gasteiger partial charge in [-0.2, -0.15) is 0 Å². The molecule has 1 aliphatic rings. The van der Waals surface area contributed by atoms with E-state index in [1.165, 1.54) is 0 Å². The molecule has 0 bridgehead atoms. The fourth-order valence-electron chi connectivity index (χ4n) is 0.882. The third-order valence-corrected chi connectivity index (χ3v) is 3.83. The van der Waals surface area contributed by atoms with Crippen LogP contribution < -0.4 is 0 Å². The molecule has 0 aromatic carbocycles. The van der Waals surface area contributed by atoms with Gasteiger partial charge in [-0.3, -0.25) is 9.98 Å². The van der Waals surface area contributed by atoms with Crippen LogP contribution in [0.2, 0.25) is 0 Å². The minimum Gasteiger partial charge on any atom is -0.320 e. The number of aliphatic imine (C=N–C) groups is 2. The van der Waals surface area contributed by atoms with E-state index in [0.29, 0.717) is 11.1 Å². The second-order valence-electron chi connectivity index (χ2n) is 2.72. The van der Waals surface area contributed by atoms with Crippen molar-refractivity contribution >= 4 is 20.7 Å². The summed E-state index contributed by atoms with van der Waals surface area (Å²) < 4.78 is 11.6. The third-order valence-electron chi connectivity index (χ3n) is 1.72. The van der Waals surface area contributed by atoms with Gasteiger partial charge in [0.1, 0.15) is 13.2 Å². The van der Waals surface area contributed by atoms with Gasteiger partial charge in [0.05, 0.1) is 6.20 Å². The molecule has 1 rings (SSSR count). The molecule has 0 aromatic heterocycles. The van der Waals surface area contributed by atoms with Crippen molar-refractivity contribution in [1.82, 2.24) is 0 Å². The molecule has 66 valence electrons. The largest absolute Gasteiger partial charge is 0.320 e. The van der Waals surface area contributed by atoms with Gasteiger partial charge in [-0.25, -0.2) is 0 Å². The van der Waals surface area contributed by atoms with Crippen molar-refractivity contribution < 1.29 is 4.57 Å². The van der Waals surface area contributed by atoms with E-state index in [2.05, 4.69) is 16.7 Å². The van der Waals surface area contributed by atoms with Crippen LogP contribution in [-0.2, 0) is 4.57 Å². The first-order chi connectivity index (χ1) is 5.79. The van der Waals surface area contributed by atoms with Gasteiger partial charge in [0, 0.05) is 11.9 Å². The molecule has 1 fully saturated rings. The molecular formula is C8H13N2OP. The Labute approximate surface area is 73.1 Å². The standard InChI is InChI=1S/C8H13N2OP/c1-3-10-6-8(9-2)12(11)7-4-5-7/h3,6-7,12H,2,4-5H2,1H3/b8-6+,10-3-. The molecule has 0 amide bonds. The second kappa shape index (κ2) is 4.36. The normalized spacial score (nSPS) is 21.2. The van der Waals surface area contributed by atoms with E-state index in [9.17, 15) is 4.57 Å². The molecule has 1 saturated carbocycles. The molecule has 3 nitrogen and oxygen atoms in total. The van der Waals surface area contributed by atoms with E-state index in [1.807, 2.05) is 6.92 Å². The molecule has 0 saturated heterocycles. The summed E-state index contributed by atoms with van der Waals surface area (Å²) in [7, 11) is -1.69. The van der Waals surface area contributed by atoms with Gasteiger partial charge in [-0.1, -0.05) is 0 Å². The second-order valence-corrected chi connectivity index (χ2v) is 4.78. The number of nitrogens with zero attached hydrogens (tertiary/aromatic N) is 2. The Bertz CT molecular complexity index is 254. The van der Waals surface area contributed by atoms with Crippen LogP contribution in [0.25, 0.3) is 0 Å². The Kier molecular flexibility index (Phi) is 3.42. The maximum absolute atomic E-state index is 11.6. The highest BCUT2D eigenvalue weighted by Gasteiger charge is 2.29. The predicted molar refractivity (Wildman–Crippen MR) is 53.8 cm³/mol. The van der Waals surface area contributed by atoms with Crippen LogP contribution in [0.5, 0.6) is 0 Å². The SMILES string of the molecule is C=N/C(=C\N=C/C)[PH](=O)C1CC1. The third kappa shape index (κ3) is 2.42. The fourth-order valence-corrected chi connectivity index (χ4v) is 2.35. The average Bonchev–Trinajstić information content (AvgIpc) is 2.88. The molecular weight excluding hydrogens is 171 g/mol. The quantitative estimate of drug-likeness (QED) is 0.488. The molecule has 0 N–H and O–H groups in total. The molecule has 0 heterocycles. The van der Waals surface area contributed by atoms with Crippen molar-refractivity contribution in [3.05, 3.63) is 11.6 Å². The molecule has 0 radical (unpaired) electrons. The summed E-state index contributed by atoms with van der Waals surface area (Å²) in [5.41, 5.74) is 0.944. The van der Waals surface area contributed by atoms with Gasteiger partial charge >= 0.3 is 0 Å². The van der Waals surface area contributed by atoms with Crippen molar-refractivity contribution in [1.29, 1.82) is 0 Å². The van der Waals surface area contributed by atoms with Crippen molar-refractivity contribution in [3.63, 3.8) is 0 Å². The first kappa shape index (κ1) is 9.40. The molecule has 0 aliphatic heterocycles. The summed E-state index contributed by atoms with van der Waals surface area (Å²) in [6.45, 7) is 5.19. The van der Waals surface area contributed by atoms with E-state index in [1.54, 1.807) is 12.4 Å². The smallest absolute Gasteiger partial charge is 0.126 e. The molecule has 1 unspecified atom stereocenters. The first-order valence-electron chi connectivity index (χ1n) is 3.98. The van der Waals surface area contributed by atoms with E-state index >= 15 is 0 Å². The zero-order chi connectivity index (χ0) is 8.97. The Morgan fingerprint density at radius 3 is 2.75 bits per heavy atom. The summed E-state index contributed by atoms with van der Waals surface area (Å²) >= 11 is 0. The lowest BCUT2D eigenvalue weighted by Gasteiger charge is -1.96. The topological polar surface area (TPSA) is 41.8 Å². The highest BCUT2D eigenvalue weighted by atomic mass is 31.1. The Morgan fingerprint density at radius 1 is 1.67 bits per heavy atom. The average molecular weight is 184 g/mol. The summed E-state index contributed by atoms with van der Waals surface area (Å²) in [6.07, 6.45) is 5.33. The van der Waals surface area contributed by atoms with Gasteiger partial charge in [-0.15, -0.1) is 0 Å². The van der Waals surface area contributed by atoms with Crippen molar-refractivity contribution in [3.8, 4) is 0 Å². The van der Waals surface area contributed by atoms with Crippen LogP contribution in [0.4, 0.5) is 0 Å². The van der Waals surface area contributed by atoms with Crippen molar-refractivity contribution in [2.24, 2.45) is 9.98 Å². The van der Waals surface area contributed by atoms with E-state index in [4.69, 9.17) is 0 Å². The lowest BCUT2D eigenvalue weighted by molar-refractivity contribution is 0.590. The summed E-state index contributed by atoms with van der Waals surface area (Å²) in [4.78, 5) is 7.60. The highest BCUT2D eigenvalue weighted by molar-refractivity contribution is 7.50. The van der Waals surface area contributed by atoms with E-state index in [0.717, 1.165) is 12.8 Å². The Morgan fingerprint density at radius 2 is 2.33 bits per heavy atom. The number of hydrogen-bond donors (Lipinski definition) is 0. The van der Waals surface area contributed by atoms with Crippen molar-refractivity contribution in [2.45, 2.75) is 25.4 Å². The summed E-state index contributed by atoms with van der Waals surface area (Å²) in [5, 5.41) is 0. The van der Waals surface area contributed by atoms with Crippen LogP contribution in [0.3, 0.4) is 0 Å². The molecule has 12 heavy (non-hydrogen) atoms. The molecule has 1 aliphatic carbocycles. The van der Waals surface area contributed by atoms with Crippen LogP contribution in [0, 0.1) is 0 Å². The zero-order valence-electron chi connectivity index (χ0n) is 7.16. The number of hydrogen-bond acceptors (Lipinski definition) is 3. The van der Waals surface area contributed by atoms with Crippen LogP contribution >= 0.6 is 7.80 Å². The van der Waals surface area contributed by atoms with Gasteiger partial charge in [0.2, 0.25) is 0 Å². The fraction of sp³-hybridized carbons (Fsp3) is 0.500. The zero-order valence-corrected chi connectivity index (χ0v) is 8.16. The molecule has 0 aromatic rings. The maximum Gasteiger partial charge on any atom is 0.126 e. The van der Waals surface area contributed by atoms with Gasteiger partial charge in [0.25, 0.3) is 0 Å². The minimum atomic E-state index is -1.69. The Balaban J connectivity index is 2.65. The first-order valence-corrected chi connectivity index (χ1v) is 5.47. The van der Waals surface area contributed by atoms with Gasteiger partial charge in [0.15, 0.2) is 0 Å². The predicted octanol–water partition coefficient (Wildman–Crippen LogP) is 2.30.